The van der Waals surface area contributed by atoms with Crippen LogP contribution >= 0.6 is 18.5 Å². The zero-order chi connectivity index (χ0) is 26.8. The third-order valence-corrected chi connectivity index (χ3v) is 11.1. The Hall–Kier alpha value is -3.89. The monoisotopic (exact) mass is 542 g/mol. The van der Waals surface area contributed by atoms with Gasteiger partial charge in [-0.3, -0.25) is 4.79 Å². The average molecular weight is 543 g/mol. The first-order valence-corrected chi connectivity index (χ1v) is 14.0. The summed E-state index contributed by atoms with van der Waals surface area (Å²) < 4.78 is 11.3. The Morgan fingerprint density at radius 3 is 1.66 bits per heavy atom. The maximum absolute atomic E-state index is 13.8. The van der Waals surface area contributed by atoms with Crippen molar-refractivity contribution in [1.82, 2.24) is 0 Å². The smallest absolute Gasteiger partial charge is 0.342 e. The predicted molar refractivity (Wildman–Crippen MR) is 153 cm³/mol. The van der Waals surface area contributed by atoms with Crippen molar-refractivity contribution in [2.24, 2.45) is 0 Å². The molecule has 0 amide bonds. The van der Waals surface area contributed by atoms with Gasteiger partial charge >= 0.3 is 11.8 Å². The first-order chi connectivity index (χ1) is 18.4. The average Bonchev–Trinajstić information content (AvgIpc) is 3.27. The molecule has 0 unspecified atom stereocenters. The van der Waals surface area contributed by atoms with Crippen LogP contribution in [0.2, 0.25) is 5.02 Å². The molecule has 5 nitrogen and oxygen atoms in total. The Kier molecular flexibility index (Phi) is 7.09. The molecule has 4 aromatic carbocycles. The van der Waals surface area contributed by atoms with Gasteiger partial charge in [0.2, 0.25) is 5.78 Å². The van der Waals surface area contributed by atoms with Gasteiger partial charge in [-0.05, 0) is 47.1 Å². The Morgan fingerprint density at radius 1 is 0.789 bits per heavy atom. The summed E-state index contributed by atoms with van der Waals surface area (Å²) in [5.41, 5.74) is 0.533. The van der Waals surface area contributed by atoms with Gasteiger partial charge in [0.1, 0.15) is 11.1 Å². The fraction of sp³-hybridized carbons (Fsp3) is 0.0645. The minimum atomic E-state index is -3.22. The maximum atomic E-state index is 13.8. The molecular weight excluding hydrogens is 519 g/mol. The van der Waals surface area contributed by atoms with Crippen LogP contribution in [0.25, 0.3) is 5.76 Å². The van der Waals surface area contributed by atoms with Crippen molar-refractivity contribution in [3.63, 3.8) is 0 Å². The van der Waals surface area contributed by atoms with E-state index in [-0.39, 0.29) is 11.1 Å². The number of carbonyl (C=O) groups is 2. The second kappa shape index (κ2) is 10.5. The molecule has 0 radical (unpaired) electrons. The van der Waals surface area contributed by atoms with Crippen LogP contribution in [0.4, 0.5) is 0 Å². The van der Waals surface area contributed by atoms with Crippen molar-refractivity contribution in [1.29, 1.82) is 0 Å². The van der Waals surface area contributed by atoms with Gasteiger partial charge in [-0.25, -0.2) is 4.79 Å². The summed E-state index contributed by atoms with van der Waals surface area (Å²) in [7, 11) is 1.23. The van der Waals surface area contributed by atoms with E-state index in [0.717, 1.165) is 15.9 Å². The maximum Gasteiger partial charge on any atom is 0.342 e. The second-order valence-corrected chi connectivity index (χ2v) is 12.4. The van der Waals surface area contributed by atoms with Gasteiger partial charge in [0.25, 0.3) is 0 Å². The summed E-state index contributed by atoms with van der Waals surface area (Å²) in [6.07, 6.45) is 1.21. The standard InChI is InChI=1S/C31H24ClO5P/c1-36-30(34)29(31(35)28(33)21-27(37-31)22-17-19-23(32)20-18-22)38(24-11-5-2-6-12-24,25-13-7-3-8-14-25)26-15-9-4-10-16-26/h2-21,35H,1H3/t31-/m0/s1. The van der Waals surface area contributed by atoms with E-state index in [2.05, 4.69) is 0 Å². The van der Waals surface area contributed by atoms with E-state index in [1.54, 1.807) is 24.3 Å². The van der Waals surface area contributed by atoms with Gasteiger partial charge in [-0.1, -0.05) is 103 Å². The molecule has 1 heterocycles. The number of aliphatic hydroxyl groups is 1. The van der Waals surface area contributed by atoms with E-state index in [0.29, 0.717) is 10.6 Å². The highest BCUT2D eigenvalue weighted by Crippen LogP contribution is 2.50. The van der Waals surface area contributed by atoms with Crippen molar-refractivity contribution in [3.8, 4) is 0 Å². The number of halogens is 1. The number of rotatable bonds is 6. The Morgan fingerprint density at radius 2 is 1.24 bits per heavy atom. The van der Waals surface area contributed by atoms with E-state index in [1.165, 1.54) is 13.2 Å². The van der Waals surface area contributed by atoms with Gasteiger partial charge < -0.3 is 14.6 Å². The molecule has 1 aliphatic rings. The number of esters is 1. The van der Waals surface area contributed by atoms with Crippen LogP contribution in [-0.2, 0) is 19.1 Å². The normalized spacial score (nSPS) is 16.9. The zero-order valence-electron chi connectivity index (χ0n) is 20.5. The third-order valence-electron chi connectivity index (χ3n) is 6.45. The Labute approximate surface area is 225 Å². The minimum absolute atomic E-state index is 0.128. The molecule has 1 atom stereocenters. The van der Waals surface area contributed by atoms with Crippen LogP contribution in [0.1, 0.15) is 5.56 Å². The second-order valence-electron chi connectivity index (χ2n) is 8.64. The quantitative estimate of drug-likeness (QED) is 0.290. The van der Waals surface area contributed by atoms with Crippen LogP contribution in [0, 0.1) is 0 Å². The van der Waals surface area contributed by atoms with Crippen LogP contribution in [0.5, 0.6) is 0 Å². The van der Waals surface area contributed by atoms with Crippen molar-refractivity contribution in [2.45, 2.75) is 5.79 Å². The number of carbonyl (C=O) groups excluding carboxylic acids is 2. The van der Waals surface area contributed by atoms with E-state index in [1.807, 2.05) is 91.0 Å². The first-order valence-electron chi connectivity index (χ1n) is 11.9. The molecule has 4 aromatic rings. The molecule has 0 bridgehead atoms. The molecular formula is C31H24ClO5P. The van der Waals surface area contributed by atoms with Crippen LogP contribution in [-0.4, -0.2) is 35.0 Å². The van der Waals surface area contributed by atoms with Crippen molar-refractivity contribution >= 4 is 57.2 Å². The van der Waals surface area contributed by atoms with Gasteiger partial charge in [0.05, 0.1) is 7.11 Å². The molecule has 1 aliphatic heterocycles. The van der Waals surface area contributed by atoms with Crippen LogP contribution in [0.15, 0.2) is 121 Å². The molecule has 190 valence electrons. The number of hydrogen-bond acceptors (Lipinski definition) is 5. The van der Waals surface area contributed by atoms with Crippen LogP contribution < -0.4 is 15.9 Å². The van der Waals surface area contributed by atoms with Gasteiger partial charge in [0.15, 0.2) is 0 Å². The highest BCUT2D eigenvalue weighted by molar-refractivity contribution is 7.96. The summed E-state index contributed by atoms with van der Waals surface area (Å²) in [6, 6.07) is 34.9. The molecule has 7 heteroatoms. The molecule has 0 saturated carbocycles. The minimum Gasteiger partial charge on any atom is -0.465 e. The fourth-order valence-electron chi connectivity index (χ4n) is 4.77. The Balaban J connectivity index is 1.91. The molecule has 38 heavy (non-hydrogen) atoms. The summed E-state index contributed by atoms with van der Waals surface area (Å²) >= 11 is 6.04. The van der Waals surface area contributed by atoms with Crippen molar-refractivity contribution < 1.29 is 24.2 Å². The van der Waals surface area contributed by atoms with Crippen LogP contribution in [0.3, 0.4) is 0 Å². The van der Waals surface area contributed by atoms with E-state index >= 15 is 0 Å². The SMILES string of the molecule is COC(=O)C([C@@]1(O)OC(c2ccc(Cl)cc2)=CC1=O)=P(c1ccccc1)(c1ccccc1)c1ccccc1. The summed E-state index contributed by atoms with van der Waals surface area (Å²) in [6.45, 7) is -3.22. The van der Waals surface area contributed by atoms with E-state index in [4.69, 9.17) is 21.1 Å². The Bertz CT molecular complexity index is 1460. The highest BCUT2D eigenvalue weighted by Gasteiger charge is 2.55. The van der Waals surface area contributed by atoms with Crippen molar-refractivity contribution in [2.75, 3.05) is 7.11 Å². The lowest BCUT2D eigenvalue weighted by molar-refractivity contribution is -0.152. The number of benzene rings is 4. The highest BCUT2D eigenvalue weighted by atomic mass is 35.5. The number of hydrogen-bond donors (Lipinski definition) is 1. The largest absolute Gasteiger partial charge is 0.465 e. The van der Waals surface area contributed by atoms with Gasteiger partial charge in [-0.15, -0.1) is 0 Å². The predicted octanol–water partition coefficient (Wildman–Crippen LogP) is 4.31. The topological polar surface area (TPSA) is 72.8 Å². The molecule has 0 spiro atoms. The fourth-order valence-corrected chi connectivity index (χ4v) is 9.39. The number of ether oxygens (including phenoxy) is 2. The lowest BCUT2D eigenvalue weighted by atomic mass is 10.1. The first kappa shape index (κ1) is 25.7. The lowest BCUT2D eigenvalue weighted by Crippen LogP contribution is -2.52. The number of methoxy groups -OCH3 is 1. The van der Waals surface area contributed by atoms with E-state index < -0.39 is 24.4 Å². The summed E-state index contributed by atoms with van der Waals surface area (Å²) in [5.74, 6) is -4.09. The molecule has 5 rings (SSSR count). The summed E-state index contributed by atoms with van der Waals surface area (Å²) in [5, 5.41) is 14.8. The molecule has 0 aromatic heterocycles. The molecule has 0 aliphatic carbocycles. The molecule has 0 fully saturated rings. The van der Waals surface area contributed by atoms with E-state index in [9.17, 15) is 14.7 Å². The number of ketones is 1. The third kappa shape index (κ3) is 4.29. The molecule has 1 N–H and O–H groups in total. The lowest BCUT2D eigenvalue weighted by Gasteiger charge is -2.36. The van der Waals surface area contributed by atoms with Crippen molar-refractivity contribution in [3.05, 3.63) is 132 Å². The van der Waals surface area contributed by atoms with Gasteiger partial charge in [-0.2, -0.15) is 0 Å². The summed E-state index contributed by atoms with van der Waals surface area (Å²) in [4.78, 5) is 27.5. The van der Waals surface area contributed by atoms with Gasteiger partial charge in [0, 0.05) is 16.7 Å². The zero-order valence-corrected chi connectivity index (χ0v) is 22.1. The molecule has 0 saturated heterocycles.